The van der Waals surface area contributed by atoms with Gasteiger partial charge in [-0.2, -0.15) is 5.10 Å². The normalized spacial score (nSPS) is 11.1. The molecule has 0 spiro atoms. The Balaban J connectivity index is 2.38. The van der Waals surface area contributed by atoms with Crippen LogP contribution in [0.2, 0.25) is 0 Å². The van der Waals surface area contributed by atoms with Crippen LogP contribution in [-0.4, -0.2) is 14.6 Å². The quantitative estimate of drug-likeness (QED) is 0.655. The van der Waals surface area contributed by atoms with E-state index in [2.05, 4.69) is 10.1 Å². The third-order valence-corrected chi connectivity index (χ3v) is 2.83. The molecule has 2 heterocycles. The van der Waals surface area contributed by atoms with E-state index in [4.69, 9.17) is 0 Å². The summed E-state index contributed by atoms with van der Waals surface area (Å²) in [6.45, 7) is 3.79. The molecule has 0 aliphatic heterocycles. The number of hydrogen-bond acceptors (Lipinski definition) is 2. The van der Waals surface area contributed by atoms with Crippen molar-refractivity contribution in [2.45, 2.75) is 13.8 Å². The molecule has 0 fully saturated rings. The molecule has 0 bridgehead atoms. The summed E-state index contributed by atoms with van der Waals surface area (Å²) in [5, 5.41) is 4.36. The predicted octanol–water partition coefficient (Wildman–Crippen LogP) is 3.15. The summed E-state index contributed by atoms with van der Waals surface area (Å²) in [6.07, 6.45) is 0. The maximum absolute atomic E-state index is 13.9. The van der Waals surface area contributed by atoms with Crippen molar-refractivity contribution in [3.63, 3.8) is 0 Å². The highest BCUT2D eigenvalue weighted by Gasteiger charge is 2.11. The second-order valence-electron chi connectivity index (χ2n) is 4.32. The molecule has 0 saturated heterocycles. The Morgan fingerprint density at radius 3 is 2.61 bits per heavy atom. The van der Waals surface area contributed by atoms with Crippen LogP contribution in [0.3, 0.4) is 0 Å². The molecule has 3 rings (SSSR count). The number of nitrogens with zero attached hydrogens (tertiary/aromatic N) is 3. The molecule has 4 heteroatoms. The zero-order chi connectivity index (χ0) is 12.7. The van der Waals surface area contributed by atoms with Crippen molar-refractivity contribution < 1.29 is 4.39 Å². The maximum Gasteiger partial charge on any atom is 0.156 e. The van der Waals surface area contributed by atoms with Crippen LogP contribution in [0.4, 0.5) is 4.39 Å². The molecule has 0 aliphatic rings. The summed E-state index contributed by atoms with van der Waals surface area (Å²) in [5.41, 5.74) is 3.72. The molecular formula is C14H12FN3. The molecule has 90 valence electrons. The second-order valence-corrected chi connectivity index (χ2v) is 4.32. The standard InChI is InChI=1S/C14H12FN3/c1-9-7-13(11-5-3-4-6-12(11)15)18-14(16-9)8-10(2)17-18/h3-8H,1-2H3. The highest BCUT2D eigenvalue weighted by atomic mass is 19.1. The molecule has 0 unspecified atom stereocenters. The zero-order valence-electron chi connectivity index (χ0n) is 10.2. The smallest absolute Gasteiger partial charge is 0.156 e. The predicted molar refractivity (Wildman–Crippen MR) is 67.9 cm³/mol. The molecule has 2 aromatic heterocycles. The van der Waals surface area contributed by atoms with Crippen LogP contribution in [0.1, 0.15) is 11.4 Å². The first-order valence-corrected chi connectivity index (χ1v) is 5.74. The SMILES string of the molecule is Cc1cc(-c2ccccc2F)n2nc(C)cc2n1. The first-order valence-electron chi connectivity index (χ1n) is 5.74. The molecule has 18 heavy (non-hydrogen) atoms. The summed E-state index contributed by atoms with van der Waals surface area (Å²) in [6, 6.07) is 10.4. The van der Waals surface area contributed by atoms with Gasteiger partial charge in [0, 0.05) is 17.3 Å². The van der Waals surface area contributed by atoms with E-state index in [1.54, 1.807) is 16.6 Å². The third-order valence-electron chi connectivity index (χ3n) is 2.83. The molecule has 0 aliphatic carbocycles. The van der Waals surface area contributed by atoms with E-state index < -0.39 is 0 Å². The number of aromatic nitrogens is 3. The van der Waals surface area contributed by atoms with E-state index in [-0.39, 0.29) is 5.82 Å². The van der Waals surface area contributed by atoms with Gasteiger partial charge in [0.2, 0.25) is 0 Å². The average Bonchev–Trinajstić information content (AvgIpc) is 2.69. The number of benzene rings is 1. The summed E-state index contributed by atoms with van der Waals surface area (Å²) >= 11 is 0. The van der Waals surface area contributed by atoms with Gasteiger partial charge in [-0.1, -0.05) is 12.1 Å². The summed E-state index contributed by atoms with van der Waals surface area (Å²) in [4.78, 5) is 4.39. The summed E-state index contributed by atoms with van der Waals surface area (Å²) < 4.78 is 15.6. The molecule has 3 nitrogen and oxygen atoms in total. The topological polar surface area (TPSA) is 30.2 Å². The minimum atomic E-state index is -0.252. The van der Waals surface area contributed by atoms with Crippen molar-refractivity contribution in [1.82, 2.24) is 14.6 Å². The van der Waals surface area contributed by atoms with Gasteiger partial charge in [-0.3, -0.25) is 0 Å². The van der Waals surface area contributed by atoms with E-state index in [1.165, 1.54) is 6.07 Å². The number of halogens is 1. The van der Waals surface area contributed by atoms with Gasteiger partial charge in [-0.25, -0.2) is 13.9 Å². The molecule has 0 atom stereocenters. The number of hydrogen-bond donors (Lipinski definition) is 0. The van der Waals surface area contributed by atoms with Crippen LogP contribution < -0.4 is 0 Å². The minimum Gasteiger partial charge on any atom is -0.234 e. The van der Waals surface area contributed by atoms with E-state index >= 15 is 0 Å². The fourth-order valence-corrected chi connectivity index (χ4v) is 2.08. The maximum atomic E-state index is 13.9. The van der Waals surface area contributed by atoms with Crippen LogP contribution in [0.25, 0.3) is 16.9 Å². The van der Waals surface area contributed by atoms with Crippen molar-refractivity contribution in [3.05, 3.63) is 53.6 Å². The molecule has 1 aromatic carbocycles. The van der Waals surface area contributed by atoms with E-state index in [0.29, 0.717) is 5.56 Å². The molecule has 3 aromatic rings. The van der Waals surface area contributed by atoms with Crippen LogP contribution in [0.5, 0.6) is 0 Å². The highest BCUT2D eigenvalue weighted by molar-refractivity contribution is 5.64. The third kappa shape index (κ3) is 1.66. The van der Waals surface area contributed by atoms with E-state index in [0.717, 1.165) is 22.7 Å². The lowest BCUT2D eigenvalue weighted by atomic mass is 10.1. The van der Waals surface area contributed by atoms with E-state index in [9.17, 15) is 4.39 Å². The van der Waals surface area contributed by atoms with Gasteiger partial charge in [0.05, 0.1) is 11.4 Å². The Labute approximate surface area is 104 Å². The summed E-state index contributed by atoms with van der Waals surface area (Å²) in [7, 11) is 0. The van der Waals surface area contributed by atoms with Gasteiger partial charge in [0.15, 0.2) is 5.65 Å². The molecule has 0 radical (unpaired) electrons. The van der Waals surface area contributed by atoms with Crippen LogP contribution >= 0.6 is 0 Å². The van der Waals surface area contributed by atoms with Crippen LogP contribution in [0.15, 0.2) is 36.4 Å². The van der Waals surface area contributed by atoms with Crippen molar-refractivity contribution in [1.29, 1.82) is 0 Å². The van der Waals surface area contributed by atoms with Crippen molar-refractivity contribution >= 4 is 5.65 Å². The fraction of sp³-hybridized carbons (Fsp3) is 0.143. The van der Waals surface area contributed by atoms with Gasteiger partial charge in [0.25, 0.3) is 0 Å². The Hall–Kier alpha value is -2.23. The van der Waals surface area contributed by atoms with Crippen LogP contribution in [-0.2, 0) is 0 Å². The molecule has 0 amide bonds. The van der Waals surface area contributed by atoms with Crippen molar-refractivity contribution in [2.75, 3.05) is 0 Å². The van der Waals surface area contributed by atoms with Gasteiger partial charge in [0.1, 0.15) is 5.82 Å². The Kier molecular flexibility index (Phi) is 2.37. The largest absolute Gasteiger partial charge is 0.234 e. The fourth-order valence-electron chi connectivity index (χ4n) is 2.08. The Morgan fingerprint density at radius 2 is 1.83 bits per heavy atom. The zero-order valence-corrected chi connectivity index (χ0v) is 10.2. The first-order chi connectivity index (χ1) is 8.65. The second kappa shape index (κ2) is 3.91. The number of fused-ring (bicyclic) bond motifs is 1. The van der Waals surface area contributed by atoms with E-state index in [1.807, 2.05) is 32.0 Å². The molecule has 0 N–H and O–H groups in total. The minimum absolute atomic E-state index is 0.252. The number of rotatable bonds is 1. The molecular weight excluding hydrogens is 229 g/mol. The highest BCUT2D eigenvalue weighted by Crippen LogP contribution is 2.23. The number of aryl methyl sites for hydroxylation is 2. The van der Waals surface area contributed by atoms with Gasteiger partial charge < -0.3 is 0 Å². The van der Waals surface area contributed by atoms with Gasteiger partial charge in [-0.15, -0.1) is 0 Å². The first kappa shape index (κ1) is 10.9. The average molecular weight is 241 g/mol. The Morgan fingerprint density at radius 1 is 1.06 bits per heavy atom. The van der Waals surface area contributed by atoms with Crippen LogP contribution in [0, 0.1) is 19.7 Å². The monoisotopic (exact) mass is 241 g/mol. The Bertz CT molecular complexity index is 731. The lowest BCUT2D eigenvalue weighted by Gasteiger charge is -2.07. The van der Waals surface area contributed by atoms with Gasteiger partial charge >= 0.3 is 0 Å². The summed E-state index contributed by atoms with van der Waals surface area (Å²) in [5.74, 6) is -0.252. The lowest BCUT2D eigenvalue weighted by molar-refractivity contribution is 0.629. The molecule has 0 saturated carbocycles. The lowest BCUT2D eigenvalue weighted by Crippen LogP contribution is -1.99. The van der Waals surface area contributed by atoms with Crippen molar-refractivity contribution in [2.24, 2.45) is 0 Å². The van der Waals surface area contributed by atoms with Crippen molar-refractivity contribution in [3.8, 4) is 11.3 Å². The van der Waals surface area contributed by atoms with Gasteiger partial charge in [-0.05, 0) is 32.0 Å².